The van der Waals surface area contributed by atoms with Crippen molar-refractivity contribution in [2.75, 3.05) is 11.9 Å². The highest BCUT2D eigenvalue weighted by atomic mass is 16.4. The van der Waals surface area contributed by atoms with Crippen molar-refractivity contribution in [3.8, 4) is 0 Å². The lowest BCUT2D eigenvalue weighted by molar-refractivity contribution is 0.0696. The Morgan fingerprint density at radius 2 is 2.16 bits per heavy atom. The molecule has 0 aromatic carbocycles. The molecule has 2 N–H and O–H groups in total. The van der Waals surface area contributed by atoms with Gasteiger partial charge in [0.05, 0.1) is 11.4 Å². The Balaban J connectivity index is 2.21. The van der Waals surface area contributed by atoms with E-state index < -0.39 is 5.97 Å². The van der Waals surface area contributed by atoms with Crippen LogP contribution in [0.5, 0.6) is 0 Å². The Morgan fingerprint density at radius 3 is 2.63 bits per heavy atom. The fourth-order valence-corrected chi connectivity index (χ4v) is 2.85. The zero-order chi connectivity index (χ0) is 14.0. The summed E-state index contributed by atoms with van der Waals surface area (Å²) in [6.07, 6.45) is 4.91. The molecule has 1 aliphatic carbocycles. The zero-order valence-electron chi connectivity index (χ0n) is 11.9. The molecule has 0 amide bonds. The smallest absolute Gasteiger partial charge is 0.339 e. The van der Waals surface area contributed by atoms with Crippen molar-refractivity contribution in [1.82, 2.24) is 4.98 Å². The predicted molar refractivity (Wildman–Crippen MR) is 75.7 cm³/mol. The Kier molecular flexibility index (Phi) is 3.78. The molecule has 0 radical (unpaired) electrons. The van der Waals surface area contributed by atoms with E-state index in [9.17, 15) is 9.90 Å². The van der Waals surface area contributed by atoms with Gasteiger partial charge in [0, 0.05) is 12.2 Å². The number of carboxylic acid groups (broad SMARTS) is 1. The van der Waals surface area contributed by atoms with Crippen LogP contribution in [-0.4, -0.2) is 22.6 Å². The van der Waals surface area contributed by atoms with Crippen LogP contribution in [0.4, 0.5) is 5.69 Å². The lowest BCUT2D eigenvalue weighted by atomic mass is 9.67. The summed E-state index contributed by atoms with van der Waals surface area (Å²) in [4.78, 5) is 15.6. The molecule has 1 saturated carbocycles. The summed E-state index contributed by atoms with van der Waals surface area (Å²) < 4.78 is 0. The average Bonchev–Trinajstić information content (AvgIpc) is 2.26. The Bertz CT molecular complexity index is 488. The summed E-state index contributed by atoms with van der Waals surface area (Å²) in [6.45, 7) is 6.71. The van der Waals surface area contributed by atoms with Gasteiger partial charge >= 0.3 is 5.97 Å². The van der Waals surface area contributed by atoms with Crippen LogP contribution in [0.3, 0.4) is 0 Å². The number of hydrogen-bond donors (Lipinski definition) is 2. The number of carbonyl (C=O) groups is 1. The number of hydrogen-bond acceptors (Lipinski definition) is 3. The third-order valence-corrected chi connectivity index (χ3v) is 4.36. The fourth-order valence-electron chi connectivity index (χ4n) is 2.85. The molecule has 0 atom stereocenters. The summed E-state index contributed by atoms with van der Waals surface area (Å²) in [5.41, 5.74) is 2.80. The van der Waals surface area contributed by atoms with Crippen LogP contribution in [0.25, 0.3) is 0 Å². The molecule has 2 rings (SSSR count). The first-order valence-corrected chi connectivity index (χ1v) is 6.93. The maximum absolute atomic E-state index is 11.4. The third kappa shape index (κ3) is 2.72. The molecule has 4 heteroatoms. The van der Waals surface area contributed by atoms with E-state index in [1.807, 2.05) is 13.0 Å². The van der Waals surface area contributed by atoms with E-state index in [2.05, 4.69) is 17.2 Å². The van der Waals surface area contributed by atoms with Gasteiger partial charge in [0.15, 0.2) is 0 Å². The molecule has 0 unspecified atom stereocenters. The van der Waals surface area contributed by atoms with Gasteiger partial charge in [0.2, 0.25) is 0 Å². The van der Waals surface area contributed by atoms with Crippen molar-refractivity contribution < 1.29 is 9.90 Å². The van der Waals surface area contributed by atoms with Gasteiger partial charge < -0.3 is 10.4 Å². The van der Waals surface area contributed by atoms with E-state index in [0.29, 0.717) is 22.4 Å². The minimum Gasteiger partial charge on any atom is -0.478 e. The van der Waals surface area contributed by atoms with E-state index >= 15 is 0 Å². The second kappa shape index (κ2) is 5.19. The second-order valence-corrected chi connectivity index (χ2v) is 5.64. The van der Waals surface area contributed by atoms with Crippen molar-refractivity contribution in [3.63, 3.8) is 0 Å². The number of rotatable bonds is 5. The minimum absolute atomic E-state index is 0.302. The number of aromatic nitrogens is 1. The van der Waals surface area contributed by atoms with Gasteiger partial charge in [-0.3, -0.25) is 4.98 Å². The maximum atomic E-state index is 11.4. The molecule has 1 aliphatic rings. The average molecular weight is 262 g/mol. The minimum atomic E-state index is -0.911. The van der Waals surface area contributed by atoms with Crippen molar-refractivity contribution in [2.24, 2.45) is 5.41 Å². The van der Waals surface area contributed by atoms with E-state index in [0.717, 1.165) is 18.7 Å². The van der Waals surface area contributed by atoms with Crippen LogP contribution in [-0.2, 0) is 0 Å². The molecule has 19 heavy (non-hydrogen) atoms. The SMILES string of the molecule is CCC1(CNc2cc(C)nc(C)c2C(=O)O)CCC1. The highest BCUT2D eigenvalue weighted by molar-refractivity contribution is 5.95. The van der Waals surface area contributed by atoms with Crippen molar-refractivity contribution in [1.29, 1.82) is 0 Å². The largest absolute Gasteiger partial charge is 0.478 e. The van der Waals surface area contributed by atoms with Crippen LogP contribution in [0, 0.1) is 19.3 Å². The highest BCUT2D eigenvalue weighted by Gasteiger charge is 2.35. The molecule has 1 aromatic heterocycles. The van der Waals surface area contributed by atoms with Gasteiger partial charge in [-0.15, -0.1) is 0 Å². The molecule has 104 valence electrons. The van der Waals surface area contributed by atoms with Crippen LogP contribution in [0.2, 0.25) is 0 Å². The molecule has 0 aliphatic heterocycles. The van der Waals surface area contributed by atoms with Crippen molar-refractivity contribution >= 4 is 11.7 Å². The van der Waals surface area contributed by atoms with Gasteiger partial charge in [-0.05, 0) is 44.6 Å². The molecule has 1 heterocycles. The lowest BCUT2D eigenvalue weighted by Crippen LogP contribution is -2.36. The molecule has 0 saturated heterocycles. The molecule has 1 fully saturated rings. The van der Waals surface area contributed by atoms with E-state index in [-0.39, 0.29) is 0 Å². The third-order valence-electron chi connectivity index (χ3n) is 4.36. The molecule has 1 aromatic rings. The Hall–Kier alpha value is -1.58. The van der Waals surface area contributed by atoms with Crippen LogP contribution >= 0.6 is 0 Å². The highest BCUT2D eigenvalue weighted by Crippen LogP contribution is 2.43. The molecular formula is C15H22N2O2. The standard InChI is InChI=1S/C15H22N2O2/c1-4-15(6-5-7-15)9-16-12-8-10(2)17-11(3)13(12)14(18)19/h8H,4-7,9H2,1-3H3,(H,16,17)(H,18,19). The van der Waals surface area contributed by atoms with Crippen molar-refractivity contribution in [2.45, 2.75) is 46.5 Å². The first-order chi connectivity index (χ1) is 8.97. The number of carboxylic acids is 1. The summed E-state index contributed by atoms with van der Waals surface area (Å²) >= 11 is 0. The van der Waals surface area contributed by atoms with Crippen LogP contribution in [0.15, 0.2) is 6.07 Å². The van der Waals surface area contributed by atoms with Crippen molar-refractivity contribution in [3.05, 3.63) is 23.0 Å². The van der Waals surface area contributed by atoms with Gasteiger partial charge in [-0.25, -0.2) is 4.79 Å². The maximum Gasteiger partial charge on any atom is 0.339 e. The summed E-state index contributed by atoms with van der Waals surface area (Å²) in [5.74, 6) is -0.911. The quantitative estimate of drug-likeness (QED) is 0.853. The normalized spacial score (nSPS) is 16.8. The predicted octanol–water partition coefficient (Wildman–Crippen LogP) is 3.39. The Morgan fingerprint density at radius 1 is 1.47 bits per heavy atom. The molecule has 0 bridgehead atoms. The number of aromatic carboxylic acids is 1. The lowest BCUT2D eigenvalue weighted by Gasteiger charge is -2.41. The number of nitrogens with one attached hydrogen (secondary N) is 1. The molecular weight excluding hydrogens is 240 g/mol. The number of pyridine rings is 1. The second-order valence-electron chi connectivity index (χ2n) is 5.64. The monoisotopic (exact) mass is 262 g/mol. The summed E-state index contributed by atoms with van der Waals surface area (Å²) in [6, 6.07) is 1.83. The first-order valence-electron chi connectivity index (χ1n) is 6.93. The molecule has 4 nitrogen and oxygen atoms in total. The number of anilines is 1. The van der Waals surface area contributed by atoms with Gasteiger partial charge in [-0.2, -0.15) is 0 Å². The van der Waals surface area contributed by atoms with Crippen LogP contribution < -0.4 is 5.32 Å². The summed E-state index contributed by atoms with van der Waals surface area (Å²) in [7, 11) is 0. The Labute approximate surface area is 114 Å². The van der Waals surface area contributed by atoms with Gasteiger partial charge in [0.25, 0.3) is 0 Å². The molecule has 0 spiro atoms. The van der Waals surface area contributed by atoms with Gasteiger partial charge in [-0.1, -0.05) is 13.3 Å². The van der Waals surface area contributed by atoms with E-state index in [4.69, 9.17) is 0 Å². The first kappa shape index (κ1) is 13.8. The van der Waals surface area contributed by atoms with Crippen LogP contribution in [0.1, 0.15) is 54.4 Å². The summed E-state index contributed by atoms with van der Waals surface area (Å²) in [5, 5.41) is 12.7. The number of aryl methyl sites for hydroxylation is 2. The zero-order valence-corrected chi connectivity index (χ0v) is 11.9. The number of nitrogens with zero attached hydrogens (tertiary/aromatic N) is 1. The van der Waals surface area contributed by atoms with Gasteiger partial charge in [0.1, 0.15) is 5.56 Å². The van der Waals surface area contributed by atoms with E-state index in [1.54, 1.807) is 6.92 Å². The topological polar surface area (TPSA) is 62.2 Å². The fraction of sp³-hybridized carbons (Fsp3) is 0.600. The van der Waals surface area contributed by atoms with E-state index in [1.165, 1.54) is 19.3 Å².